The van der Waals surface area contributed by atoms with Gasteiger partial charge in [0.05, 0.1) is 5.56 Å². The first kappa shape index (κ1) is 14.1. The predicted octanol–water partition coefficient (Wildman–Crippen LogP) is 3.49. The number of nitrogens with zero attached hydrogens (tertiary/aromatic N) is 2. The second-order valence-electron chi connectivity index (χ2n) is 5.18. The smallest absolute Gasteiger partial charge is 0.328 e. The molecule has 3 rings (SSSR count). The van der Waals surface area contributed by atoms with E-state index in [1.165, 1.54) is 12.1 Å². The maximum Gasteiger partial charge on any atom is 0.417 e. The highest BCUT2D eigenvalue weighted by atomic mass is 19.4. The summed E-state index contributed by atoms with van der Waals surface area (Å²) in [6.45, 7) is 1.76. The van der Waals surface area contributed by atoms with Gasteiger partial charge in [0.25, 0.3) is 0 Å². The van der Waals surface area contributed by atoms with Gasteiger partial charge in [-0.3, -0.25) is 0 Å². The van der Waals surface area contributed by atoms with Gasteiger partial charge in [0.2, 0.25) is 0 Å². The summed E-state index contributed by atoms with van der Waals surface area (Å²) in [6.07, 6.45) is 0.777. The first-order chi connectivity index (χ1) is 10.1. The van der Waals surface area contributed by atoms with Crippen molar-refractivity contribution in [2.75, 3.05) is 13.1 Å². The quantitative estimate of drug-likeness (QED) is 0.919. The molecule has 0 saturated carbocycles. The fourth-order valence-electron chi connectivity index (χ4n) is 2.83. The first-order valence-corrected chi connectivity index (χ1v) is 6.97. The van der Waals surface area contributed by atoms with Crippen molar-refractivity contribution in [2.45, 2.75) is 25.1 Å². The molecule has 0 radical (unpaired) electrons. The number of halogens is 3. The number of hydrogen-bond donors (Lipinski definition) is 1. The van der Waals surface area contributed by atoms with Crippen LogP contribution in [0.4, 0.5) is 13.2 Å². The van der Waals surface area contributed by atoms with Gasteiger partial charge in [-0.15, -0.1) is 0 Å². The largest absolute Gasteiger partial charge is 0.417 e. The van der Waals surface area contributed by atoms with Crippen molar-refractivity contribution >= 4 is 0 Å². The zero-order valence-corrected chi connectivity index (χ0v) is 11.4. The molecule has 1 N–H and O–H groups in total. The molecule has 112 valence electrons. The van der Waals surface area contributed by atoms with Crippen molar-refractivity contribution in [3.63, 3.8) is 0 Å². The molecule has 3 nitrogen and oxygen atoms in total. The summed E-state index contributed by atoms with van der Waals surface area (Å²) in [6, 6.07) is 5.82. The Morgan fingerprint density at radius 2 is 1.86 bits per heavy atom. The third kappa shape index (κ3) is 2.81. The lowest BCUT2D eigenvalue weighted by molar-refractivity contribution is -0.137. The first-order valence-electron chi connectivity index (χ1n) is 6.97. The van der Waals surface area contributed by atoms with Gasteiger partial charge >= 0.3 is 6.18 Å². The summed E-state index contributed by atoms with van der Waals surface area (Å²) >= 11 is 0. The van der Waals surface area contributed by atoms with E-state index < -0.39 is 11.7 Å². The molecular formula is C15H16F3N3. The number of aromatic nitrogens is 2. The van der Waals surface area contributed by atoms with E-state index in [1.54, 1.807) is 18.5 Å². The number of alkyl halides is 3. The number of hydrogen-bond acceptors (Lipinski definition) is 2. The molecule has 0 unspecified atom stereocenters. The summed E-state index contributed by atoms with van der Waals surface area (Å²) in [7, 11) is 0. The normalized spacial score (nSPS) is 17.1. The lowest BCUT2D eigenvalue weighted by Gasteiger charge is -2.26. The lowest BCUT2D eigenvalue weighted by atomic mass is 10.0. The van der Waals surface area contributed by atoms with Gasteiger partial charge in [0.1, 0.15) is 5.82 Å². The molecule has 6 heteroatoms. The molecule has 21 heavy (non-hydrogen) atoms. The van der Waals surface area contributed by atoms with Crippen molar-refractivity contribution < 1.29 is 13.2 Å². The van der Waals surface area contributed by atoms with Gasteiger partial charge in [0, 0.05) is 24.0 Å². The van der Waals surface area contributed by atoms with Gasteiger partial charge < -0.3 is 9.88 Å². The highest BCUT2D eigenvalue weighted by Gasteiger charge is 2.34. The predicted molar refractivity (Wildman–Crippen MR) is 73.8 cm³/mol. The molecule has 1 aromatic heterocycles. The highest BCUT2D eigenvalue weighted by molar-refractivity contribution is 5.61. The minimum Gasteiger partial charge on any atom is -0.328 e. The Bertz CT molecular complexity index is 613. The number of nitrogens with one attached hydrogen (secondary N) is 1. The summed E-state index contributed by atoms with van der Waals surface area (Å²) in [4.78, 5) is 4.18. The van der Waals surface area contributed by atoms with E-state index in [9.17, 15) is 13.2 Å². The Morgan fingerprint density at radius 1 is 1.14 bits per heavy atom. The van der Waals surface area contributed by atoms with Crippen molar-refractivity contribution in [3.05, 3.63) is 42.2 Å². The summed E-state index contributed by atoms with van der Waals surface area (Å²) < 4.78 is 41.4. The minimum absolute atomic E-state index is 0.147. The SMILES string of the molecule is FC(F)(F)c1ccccc1-c1nccn1C1CCNCC1. The van der Waals surface area contributed by atoms with Crippen LogP contribution in [0.5, 0.6) is 0 Å². The molecule has 0 aliphatic carbocycles. The Balaban J connectivity index is 2.04. The van der Waals surface area contributed by atoms with Gasteiger partial charge in [-0.1, -0.05) is 18.2 Å². The van der Waals surface area contributed by atoms with Crippen molar-refractivity contribution in [2.24, 2.45) is 0 Å². The van der Waals surface area contributed by atoms with Crippen molar-refractivity contribution in [1.29, 1.82) is 0 Å². The van der Waals surface area contributed by atoms with Crippen LogP contribution in [0.25, 0.3) is 11.4 Å². The zero-order valence-electron chi connectivity index (χ0n) is 11.4. The van der Waals surface area contributed by atoms with Crippen molar-refractivity contribution in [3.8, 4) is 11.4 Å². The molecule has 1 fully saturated rings. The van der Waals surface area contributed by atoms with E-state index in [0.29, 0.717) is 5.82 Å². The van der Waals surface area contributed by atoms with E-state index in [0.717, 1.165) is 32.0 Å². The fraction of sp³-hybridized carbons (Fsp3) is 0.400. The van der Waals surface area contributed by atoms with E-state index in [4.69, 9.17) is 0 Å². The summed E-state index contributed by atoms with van der Waals surface area (Å²) in [5.41, 5.74) is -0.486. The molecule has 0 bridgehead atoms. The third-order valence-electron chi connectivity index (χ3n) is 3.84. The lowest BCUT2D eigenvalue weighted by Crippen LogP contribution is -2.29. The number of piperidine rings is 1. The number of imidazole rings is 1. The minimum atomic E-state index is -4.37. The Hall–Kier alpha value is -1.82. The monoisotopic (exact) mass is 295 g/mol. The standard InChI is InChI=1S/C15H16F3N3/c16-15(17,18)13-4-2-1-3-12(13)14-20-9-10-21(14)11-5-7-19-8-6-11/h1-4,9-11,19H,5-8H2. The Kier molecular flexibility index (Phi) is 3.71. The molecule has 2 aromatic rings. The van der Waals surface area contributed by atoms with Crippen LogP contribution >= 0.6 is 0 Å². The molecule has 1 aliphatic rings. The topological polar surface area (TPSA) is 29.9 Å². The van der Waals surface area contributed by atoms with Gasteiger partial charge in [-0.2, -0.15) is 13.2 Å². The zero-order chi connectivity index (χ0) is 14.9. The van der Waals surface area contributed by atoms with Crippen molar-refractivity contribution in [1.82, 2.24) is 14.9 Å². The van der Waals surface area contributed by atoms with E-state index >= 15 is 0 Å². The van der Waals surface area contributed by atoms with Crippen LogP contribution in [0.3, 0.4) is 0 Å². The van der Waals surface area contributed by atoms with Crippen LogP contribution in [-0.2, 0) is 6.18 Å². The van der Waals surface area contributed by atoms with Crippen LogP contribution in [0, 0.1) is 0 Å². The third-order valence-corrected chi connectivity index (χ3v) is 3.84. The Morgan fingerprint density at radius 3 is 2.57 bits per heavy atom. The van der Waals surface area contributed by atoms with E-state index in [2.05, 4.69) is 10.3 Å². The van der Waals surface area contributed by atoms with Gasteiger partial charge in [0.15, 0.2) is 0 Å². The maximum atomic E-state index is 13.2. The van der Waals surface area contributed by atoms with Crippen LogP contribution in [-0.4, -0.2) is 22.6 Å². The molecule has 0 spiro atoms. The second kappa shape index (κ2) is 5.52. The molecule has 0 atom stereocenters. The fourth-order valence-corrected chi connectivity index (χ4v) is 2.83. The van der Waals surface area contributed by atoms with E-state index in [-0.39, 0.29) is 11.6 Å². The number of benzene rings is 1. The van der Waals surface area contributed by atoms with Gasteiger partial charge in [-0.25, -0.2) is 4.98 Å². The van der Waals surface area contributed by atoms with Crippen LogP contribution < -0.4 is 5.32 Å². The summed E-state index contributed by atoms with van der Waals surface area (Å²) in [5, 5.41) is 3.26. The Labute approximate surface area is 120 Å². The highest BCUT2D eigenvalue weighted by Crippen LogP contribution is 2.37. The average Bonchev–Trinajstić information content (AvgIpc) is 2.96. The average molecular weight is 295 g/mol. The van der Waals surface area contributed by atoms with Crippen LogP contribution in [0.15, 0.2) is 36.7 Å². The molecule has 1 aromatic carbocycles. The van der Waals surface area contributed by atoms with E-state index in [1.807, 2.05) is 4.57 Å². The molecule has 0 amide bonds. The van der Waals surface area contributed by atoms with Gasteiger partial charge in [-0.05, 0) is 32.0 Å². The van der Waals surface area contributed by atoms with Crippen LogP contribution in [0.2, 0.25) is 0 Å². The van der Waals surface area contributed by atoms with Crippen LogP contribution in [0.1, 0.15) is 24.4 Å². The maximum absolute atomic E-state index is 13.2. The second-order valence-corrected chi connectivity index (χ2v) is 5.18. The molecule has 1 aliphatic heterocycles. The molecular weight excluding hydrogens is 279 g/mol. The molecule has 1 saturated heterocycles. The summed E-state index contributed by atoms with van der Waals surface area (Å²) in [5.74, 6) is 0.398. The number of rotatable bonds is 2. The molecule has 2 heterocycles.